The Balaban J connectivity index is 0.000000156. The Hall–Kier alpha value is -3.32. The third kappa shape index (κ3) is 4.65. The highest BCUT2D eigenvalue weighted by molar-refractivity contribution is 7.61. The van der Waals surface area contributed by atoms with Gasteiger partial charge in [0.05, 0.1) is 6.54 Å². The molecule has 4 aromatic rings. The molecule has 3 N–H and O–H groups in total. The summed E-state index contributed by atoms with van der Waals surface area (Å²) in [4.78, 5) is 3.38. The van der Waals surface area contributed by atoms with Gasteiger partial charge in [0.25, 0.3) is 0 Å². The van der Waals surface area contributed by atoms with Gasteiger partial charge in [0.2, 0.25) is 0 Å². The number of hydrogen-bond acceptors (Lipinski definition) is 5. The van der Waals surface area contributed by atoms with Gasteiger partial charge in [-0.15, -0.1) is 0 Å². The van der Waals surface area contributed by atoms with Crippen molar-refractivity contribution in [1.29, 1.82) is 0 Å². The molecule has 0 fully saturated rings. The first kappa shape index (κ1) is 18.5. The highest BCUT2D eigenvalue weighted by Gasteiger charge is 2.01. The van der Waals surface area contributed by atoms with Crippen LogP contribution in [0.5, 0.6) is 11.5 Å². The smallest absolute Gasteiger partial charge is 0.311 e. The molecule has 0 saturated heterocycles. The maximum absolute atomic E-state index is 10.1. The lowest BCUT2D eigenvalue weighted by atomic mass is 10.1. The number of H-pyrrole nitrogens is 1. The Morgan fingerprint density at radius 1 is 0.815 bits per heavy atom. The number of para-hydroxylation sites is 2. The molecular formula is C20H18N2O4S. The van der Waals surface area contributed by atoms with Crippen molar-refractivity contribution in [3.05, 3.63) is 72.3 Å². The fraction of sp³-hybridized carbons (Fsp3) is 0.100. The van der Waals surface area contributed by atoms with E-state index < -0.39 is 10.5 Å². The van der Waals surface area contributed by atoms with Gasteiger partial charge in [-0.25, -0.2) is 0 Å². The van der Waals surface area contributed by atoms with E-state index in [0.29, 0.717) is 6.42 Å². The van der Waals surface area contributed by atoms with Crippen molar-refractivity contribution in [2.24, 2.45) is 4.36 Å². The monoisotopic (exact) mass is 382 g/mol. The summed E-state index contributed by atoms with van der Waals surface area (Å²) >= 11 is 0. The maximum atomic E-state index is 10.1. The minimum absolute atomic E-state index is 0.139. The van der Waals surface area contributed by atoms with Crippen LogP contribution in [0.3, 0.4) is 0 Å². The van der Waals surface area contributed by atoms with Crippen LogP contribution in [0.1, 0.15) is 5.56 Å². The van der Waals surface area contributed by atoms with E-state index in [9.17, 15) is 8.42 Å². The first-order valence-electron chi connectivity index (χ1n) is 8.28. The highest BCUT2D eigenvalue weighted by atomic mass is 32.2. The van der Waals surface area contributed by atoms with Gasteiger partial charge in [0, 0.05) is 21.8 Å². The number of nitrogens with zero attached hydrogens (tertiary/aromatic N) is 1. The molecule has 0 aliphatic rings. The minimum atomic E-state index is -2.39. The van der Waals surface area contributed by atoms with Crippen LogP contribution in [-0.4, -0.2) is 30.2 Å². The summed E-state index contributed by atoms with van der Waals surface area (Å²) in [7, 11) is -2.39. The van der Waals surface area contributed by atoms with E-state index in [2.05, 4.69) is 57.9 Å². The second kappa shape index (κ2) is 8.37. The number of phenolic OH excluding ortho intramolecular Hbond substituents is 2. The quantitative estimate of drug-likeness (QED) is 0.466. The summed E-state index contributed by atoms with van der Waals surface area (Å²) in [6.07, 6.45) is 0.405. The molecule has 0 unspecified atom stereocenters. The molecule has 0 amide bonds. The maximum Gasteiger partial charge on any atom is 0.311 e. The Morgan fingerprint density at radius 2 is 1.41 bits per heavy atom. The van der Waals surface area contributed by atoms with Gasteiger partial charge in [-0.3, -0.25) is 0 Å². The van der Waals surface area contributed by atoms with E-state index >= 15 is 0 Å². The lowest BCUT2D eigenvalue weighted by molar-refractivity contribution is 0.403. The van der Waals surface area contributed by atoms with Crippen molar-refractivity contribution in [1.82, 2.24) is 4.98 Å². The Morgan fingerprint density at radius 3 is 1.96 bits per heavy atom. The van der Waals surface area contributed by atoms with Crippen LogP contribution in [0.15, 0.2) is 71.1 Å². The minimum Gasteiger partial charge on any atom is -0.504 e. The van der Waals surface area contributed by atoms with Crippen molar-refractivity contribution >= 4 is 32.3 Å². The van der Waals surface area contributed by atoms with Crippen LogP contribution in [-0.2, 0) is 16.9 Å². The molecule has 27 heavy (non-hydrogen) atoms. The number of nitrogens with one attached hydrogen (secondary N) is 1. The Kier molecular flexibility index (Phi) is 5.73. The summed E-state index contributed by atoms with van der Waals surface area (Å²) in [5, 5.41) is 20.7. The summed E-state index contributed by atoms with van der Waals surface area (Å²) in [6.45, 7) is 0.139. The van der Waals surface area contributed by atoms with Gasteiger partial charge in [-0.1, -0.05) is 42.5 Å². The summed E-state index contributed by atoms with van der Waals surface area (Å²) in [6, 6.07) is 21.1. The van der Waals surface area contributed by atoms with Crippen molar-refractivity contribution in [2.75, 3.05) is 6.54 Å². The van der Waals surface area contributed by atoms with Crippen molar-refractivity contribution in [3.63, 3.8) is 0 Å². The molecule has 0 saturated carbocycles. The Bertz CT molecular complexity index is 1150. The highest BCUT2D eigenvalue weighted by Crippen LogP contribution is 2.25. The SMILES string of the molecule is O=S(=O)=NCCc1ccc(O)c(O)c1.c1ccc2c(c1)[nH]c1ccccc12. The summed E-state index contributed by atoms with van der Waals surface area (Å²) < 4.78 is 23.4. The number of aromatic nitrogens is 1. The molecule has 1 aromatic heterocycles. The van der Waals surface area contributed by atoms with Crippen LogP contribution >= 0.6 is 0 Å². The first-order valence-corrected chi connectivity index (χ1v) is 9.31. The van der Waals surface area contributed by atoms with Crippen LogP contribution < -0.4 is 0 Å². The molecular weight excluding hydrogens is 364 g/mol. The van der Waals surface area contributed by atoms with Crippen LogP contribution in [0.2, 0.25) is 0 Å². The van der Waals surface area contributed by atoms with Gasteiger partial charge in [0.1, 0.15) is 0 Å². The van der Waals surface area contributed by atoms with Crippen LogP contribution in [0.4, 0.5) is 0 Å². The molecule has 1 heterocycles. The van der Waals surface area contributed by atoms with Gasteiger partial charge >= 0.3 is 10.5 Å². The normalized spacial score (nSPS) is 10.4. The van der Waals surface area contributed by atoms with E-state index in [-0.39, 0.29) is 18.0 Å². The van der Waals surface area contributed by atoms with E-state index in [1.54, 1.807) is 6.07 Å². The number of phenols is 2. The average molecular weight is 382 g/mol. The van der Waals surface area contributed by atoms with Crippen molar-refractivity contribution in [2.45, 2.75) is 6.42 Å². The van der Waals surface area contributed by atoms with E-state index in [1.807, 2.05) is 0 Å². The third-order valence-electron chi connectivity index (χ3n) is 4.05. The van der Waals surface area contributed by atoms with Crippen molar-refractivity contribution < 1.29 is 18.6 Å². The fourth-order valence-electron chi connectivity index (χ4n) is 2.77. The molecule has 0 radical (unpaired) electrons. The Labute approximate surface area is 157 Å². The molecule has 0 bridgehead atoms. The van der Waals surface area contributed by atoms with Gasteiger partial charge in [-0.05, 0) is 36.2 Å². The van der Waals surface area contributed by atoms with Crippen LogP contribution in [0.25, 0.3) is 21.8 Å². The van der Waals surface area contributed by atoms with Crippen molar-refractivity contribution in [3.8, 4) is 11.5 Å². The molecule has 0 aliphatic heterocycles. The number of hydrogen-bond donors (Lipinski definition) is 3. The first-order chi connectivity index (χ1) is 13.0. The topological polar surface area (TPSA) is 103 Å². The molecule has 138 valence electrons. The number of aromatic hydroxyl groups is 2. The second-order valence-corrected chi connectivity index (χ2v) is 6.55. The number of rotatable bonds is 3. The average Bonchev–Trinajstić information content (AvgIpc) is 3.04. The predicted molar refractivity (Wildman–Crippen MR) is 105 cm³/mol. The number of fused-ring (bicyclic) bond motifs is 3. The largest absolute Gasteiger partial charge is 0.504 e. The molecule has 4 rings (SSSR count). The molecule has 3 aromatic carbocycles. The molecule has 7 heteroatoms. The van der Waals surface area contributed by atoms with E-state index in [0.717, 1.165) is 5.56 Å². The fourth-order valence-corrected chi connectivity index (χ4v) is 3.01. The molecule has 0 spiro atoms. The zero-order chi connectivity index (χ0) is 19.2. The zero-order valence-corrected chi connectivity index (χ0v) is 15.1. The number of benzene rings is 3. The standard InChI is InChI=1S/C12H9N.C8H9NO4S/c1-3-7-11-9(5-1)10-6-2-4-8-12(10)13-11;10-7-2-1-6(5-8(7)11)3-4-9-14(12)13/h1-8,13H;1-2,5,10-11H,3-4H2. The zero-order valence-electron chi connectivity index (χ0n) is 14.3. The second-order valence-electron chi connectivity index (χ2n) is 5.86. The van der Waals surface area contributed by atoms with Gasteiger partial charge in [0.15, 0.2) is 11.5 Å². The third-order valence-corrected chi connectivity index (χ3v) is 4.44. The van der Waals surface area contributed by atoms with E-state index in [1.165, 1.54) is 33.9 Å². The van der Waals surface area contributed by atoms with Crippen LogP contribution in [0, 0.1) is 0 Å². The van der Waals surface area contributed by atoms with Gasteiger partial charge < -0.3 is 15.2 Å². The lowest BCUT2D eigenvalue weighted by Crippen LogP contribution is -1.88. The summed E-state index contributed by atoms with van der Waals surface area (Å²) in [5.41, 5.74) is 3.14. The van der Waals surface area contributed by atoms with E-state index in [4.69, 9.17) is 10.2 Å². The predicted octanol–water partition coefficient (Wildman–Crippen LogP) is 4.02. The number of aromatic amines is 1. The summed E-state index contributed by atoms with van der Waals surface area (Å²) in [5.74, 6) is -0.413. The molecule has 0 aliphatic carbocycles. The van der Waals surface area contributed by atoms with Gasteiger partial charge in [-0.2, -0.15) is 12.8 Å². The molecule has 0 atom stereocenters. The lowest BCUT2D eigenvalue weighted by Gasteiger charge is -2.00. The molecule has 6 nitrogen and oxygen atoms in total.